The van der Waals surface area contributed by atoms with E-state index in [0.29, 0.717) is 18.2 Å². The van der Waals surface area contributed by atoms with Gasteiger partial charge in [0.25, 0.3) is 0 Å². The molecule has 42 heavy (non-hydrogen) atoms. The molecule has 0 bridgehead atoms. The fraction of sp³-hybridized carbons (Fsp3) is 0.750. The van der Waals surface area contributed by atoms with Crippen LogP contribution in [0.2, 0.25) is 0 Å². The lowest BCUT2D eigenvalue weighted by Crippen LogP contribution is -2.55. The average molecular weight is 576 g/mol. The van der Waals surface area contributed by atoms with Crippen molar-refractivity contribution in [1.29, 1.82) is 5.26 Å². The third-order valence-corrected chi connectivity index (χ3v) is 12.1. The molecule has 0 unspecified atom stereocenters. The van der Waals surface area contributed by atoms with Crippen LogP contribution in [0.1, 0.15) is 131 Å². The second-order valence-electron chi connectivity index (χ2n) is 15.8. The Kier molecular flexibility index (Phi) is 8.87. The molecule has 6 atom stereocenters. The molecule has 0 spiro atoms. The van der Waals surface area contributed by atoms with Crippen molar-refractivity contribution in [2.45, 2.75) is 133 Å². The van der Waals surface area contributed by atoms with E-state index >= 15 is 0 Å². The quantitative estimate of drug-likeness (QED) is 0.262. The fourth-order valence-corrected chi connectivity index (χ4v) is 8.85. The number of aryl methyl sites for hydroxylation is 2. The van der Waals surface area contributed by atoms with Crippen LogP contribution < -0.4 is 0 Å². The van der Waals surface area contributed by atoms with Crippen LogP contribution in [0, 0.1) is 57.2 Å². The number of nitrogens with zero attached hydrogens (tertiary/aromatic N) is 3. The van der Waals surface area contributed by atoms with Gasteiger partial charge in [0.05, 0.1) is 5.57 Å². The Morgan fingerprint density at radius 3 is 2.40 bits per heavy atom. The Balaban J connectivity index is 1.63. The summed E-state index contributed by atoms with van der Waals surface area (Å²) in [6.07, 6.45) is 14.6. The average Bonchev–Trinajstić information content (AvgIpc) is 3.34. The molecule has 3 aliphatic rings. The molecule has 230 valence electrons. The molecule has 3 aliphatic carbocycles. The van der Waals surface area contributed by atoms with Gasteiger partial charge in [-0.3, -0.25) is 9.59 Å². The van der Waals surface area contributed by atoms with Gasteiger partial charge < -0.3 is 4.42 Å². The van der Waals surface area contributed by atoms with Gasteiger partial charge in [-0.2, -0.15) is 5.26 Å². The largest absolute Gasteiger partial charge is 0.426 e. The third-order valence-electron chi connectivity index (χ3n) is 12.1. The molecule has 0 aliphatic heterocycles. The predicted molar refractivity (Wildman–Crippen MR) is 165 cm³/mol. The van der Waals surface area contributed by atoms with E-state index in [4.69, 9.17) is 4.42 Å². The Bertz CT molecular complexity index is 1310. The number of rotatable bonds is 11. The van der Waals surface area contributed by atoms with E-state index in [2.05, 4.69) is 64.7 Å². The first-order valence-electron chi connectivity index (χ1n) is 16.2. The van der Waals surface area contributed by atoms with Crippen LogP contribution in [-0.2, 0) is 16.0 Å². The number of fused-ring (bicyclic) bond motifs is 3. The maximum absolute atomic E-state index is 13.5. The SMILES string of the molecule is CCCC(C)(C)CC[C@](C)(CCc1nnc(C)o1)CC[C@]1(C)CC(=O)C=C2[C@@]3(C)C=C(C#N)C(=O)[C@@H](C)[C@@H]3CC[C@]21C. The van der Waals surface area contributed by atoms with Crippen molar-refractivity contribution >= 4 is 11.6 Å². The molecule has 1 aromatic heterocycles. The number of aromatic nitrogens is 2. The van der Waals surface area contributed by atoms with E-state index in [9.17, 15) is 14.9 Å². The molecule has 6 heteroatoms. The van der Waals surface area contributed by atoms with Crippen LogP contribution in [0.3, 0.4) is 0 Å². The zero-order valence-electron chi connectivity index (χ0n) is 27.7. The topological polar surface area (TPSA) is 96.8 Å². The van der Waals surface area contributed by atoms with E-state index < -0.39 is 5.41 Å². The summed E-state index contributed by atoms with van der Waals surface area (Å²) in [6.45, 7) is 20.1. The molecule has 1 heterocycles. The van der Waals surface area contributed by atoms with Crippen molar-refractivity contribution in [2.75, 3.05) is 0 Å². The highest BCUT2D eigenvalue weighted by Gasteiger charge is 2.61. The van der Waals surface area contributed by atoms with Crippen LogP contribution in [-0.4, -0.2) is 21.8 Å². The van der Waals surface area contributed by atoms with Gasteiger partial charge in [0, 0.05) is 31.1 Å². The highest BCUT2D eigenvalue weighted by Crippen LogP contribution is 2.67. The molecule has 0 N–H and O–H groups in total. The minimum atomic E-state index is -0.466. The van der Waals surface area contributed by atoms with Gasteiger partial charge in [-0.25, -0.2) is 0 Å². The zero-order valence-corrected chi connectivity index (χ0v) is 27.7. The number of Topliss-reactive ketones (excluding diaryl/α,β-unsaturated/α-hetero) is 1. The van der Waals surface area contributed by atoms with Crippen LogP contribution in [0.25, 0.3) is 0 Å². The number of hydrogen-bond acceptors (Lipinski definition) is 6. The number of ketones is 2. The van der Waals surface area contributed by atoms with Crippen LogP contribution in [0.15, 0.2) is 27.7 Å². The minimum absolute atomic E-state index is 0.0488. The van der Waals surface area contributed by atoms with E-state index in [0.717, 1.165) is 56.9 Å². The summed E-state index contributed by atoms with van der Waals surface area (Å²) in [5, 5.41) is 18.1. The van der Waals surface area contributed by atoms with Crippen molar-refractivity contribution in [3.63, 3.8) is 0 Å². The molecule has 0 radical (unpaired) electrons. The van der Waals surface area contributed by atoms with Gasteiger partial charge in [0.15, 0.2) is 11.6 Å². The van der Waals surface area contributed by atoms with Crippen molar-refractivity contribution in [1.82, 2.24) is 10.2 Å². The summed E-state index contributed by atoms with van der Waals surface area (Å²) < 4.78 is 5.75. The summed E-state index contributed by atoms with van der Waals surface area (Å²) in [6, 6.07) is 2.17. The second-order valence-corrected chi connectivity index (χ2v) is 15.8. The second kappa shape index (κ2) is 11.5. The molecule has 1 saturated carbocycles. The predicted octanol–water partition coefficient (Wildman–Crippen LogP) is 8.70. The number of nitriles is 1. The summed E-state index contributed by atoms with van der Waals surface area (Å²) >= 11 is 0. The lowest BCUT2D eigenvalue weighted by molar-refractivity contribution is -0.126. The number of hydrogen-bond donors (Lipinski definition) is 0. The lowest BCUT2D eigenvalue weighted by Gasteiger charge is -2.61. The Morgan fingerprint density at radius 1 is 1.07 bits per heavy atom. The standard InChI is InChI=1S/C36H53N3O3/c1-10-13-32(4,5)16-17-33(6,14-12-30-39-38-25(3)42-30)18-19-34(7)22-27(40)20-29-35(8)21-26(23-37)31(41)24(2)28(35)11-15-36(29,34)9/h20-21,24,28H,10-19,22H2,1-9H3/t24-,28-,33-,34+,35-,36+/m0/s1. The van der Waals surface area contributed by atoms with Gasteiger partial charge in [-0.1, -0.05) is 73.5 Å². The van der Waals surface area contributed by atoms with E-state index in [1.165, 1.54) is 12.8 Å². The zero-order chi connectivity index (χ0) is 31.1. The molecule has 6 nitrogen and oxygen atoms in total. The fourth-order valence-electron chi connectivity index (χ4n) is 8.85. The lowest BCUT2D eigenvalue weighted by atomic mass is 9.42. The molecule has 4 rings (SSSR count). The smallest absolute Gasteiger partial charge is 0.216 e. The summed E-state index contributed by atoms with van der Waals surface area (Å²) in [5.74, 6) is 1.33. The number of carbonyl (C=O) groups excluding carboxylic acids is 2. The van der Waals surface area contributed by atoms with Gasteiger partial charge in [-0.05, 0) is 85.0 Å². The van der Waals surface area contributed by atoms with Crippen molar-refractivity contribution in [3.05, 3.63) is 35.1 Å². The maximum atomic E-state index is 13.5. The molecule has 0 aromatic carbocycles. The summed E-state index contributed by atoms with van der Waals surface area (Å²) in [4.78, 5) is 26.4. The van der Waals surface area contributed by atoms with Gasteiger partial charge in [-0.15, -0.1) is 10.2 Å². The van der Waals surface area contributed by atoms with Gasteiger partial charge in [0.2, 0.25) is 11.8 Å². The summed E-state index contributed by atoms with van der Waals surface area (Å²) in [7, 11) is 0. The Morgan fingerprint density at radius 2 is 1.79 bits per heavy atom. The molecular weight excluding hydrogens is 522 g/mol. The first-order chi connectivity index (χ1) is 19.5. The van der Waals surface area contributed by atoms with E-state index in [1.54, 1.807) is 0 Å². The molecule has 0 saturated heterocycles. The minimum Gasteiger partial charge on any atom is -0.426 e. The molecule has 0 amide bonds. The normalized spacial score (nSPS) is 32.8. The van der Waals surface area contributed by atoms with E-state index in [1.807, 2.05) is 26.0 Å². The van der Waals surface area contributed by atoms with Crippen molar-refractivity contribution in [3.8, 4) is 6.07 Å². The molecule has 1 aromatic rings. The third kappa shape index (κ3) is 5.95. The van der Waals surface area contributed by atoms with Crippen molar-refractivity contribution in [2.24, 2.45) is 38.9 Å². The molecule has 1 fully saturated rings. The van der Waals surface area contributed by atoms with Gasteiger partial charge in [0.1, 0.15) is 6.07 Å². The summed E-state index contributed by atoms with van der Waals surface area (Å²) in [5.41, 5.74) is 0.888. The maximum Gasteiger partial charge on any atom is 0.216 e. The highest BCUT2D eigenvalue weighted by atomic mass is 16.4. The number of allylic oxidation sites excluding steroid dienone is 4. The van der Waals surface area contributed by atoms with Crippen LogP contribution in [0.5, 0.6) is 0 Å². The Hall–Kier alpha value is -2.55. The monoisotopic (exact) mass is 575 g/mol. The Labute approximate surface area is 253 Å². The van der Waals surface area contributed by atoms with Crippen LogP contribution in [0.4, 0.5) is 0 Å². The van der Waals surface area contributed by atoms with Gasteiger partial charge >= 0.3 is 0 Å². The first kappa shape index (κ1) is 32.4. The highest BCUT2D eigenvalue weighted by molar-refractivity contribution is 6.02. The molecular formula is C36H53N3O3. The van der Waals surface area contributed by atoms with Crippen LogP contribution >= 0.6 is 0 Å². The number of carbonyl (C=O) groups is 2. The van der Waals surface area contributed by atoms with Crippen molar-refractivity contribution < 1.29 is 14.0 Å². The first-order valence-corrected chi connectivity index (χ1v) is 16.2. The van der Waals surface area contributed by atoms with E-state index in [-0.39, 0.29) is 50.6 Å².